The third kappa shape index (κ3) is 2.60. The maximum atomic E-state index is 12.3. The molecule has 0 amide bonds. The number of aromatic amines is 2. The minimum Gasteiger partial charge on any atom is -0.281 e. The number of H-pyrrole nitrogens is 2. The molecule has 9 nitrogen and oxygen atoms in total. The Hall–Kier alpha value is -2.75. The Bertz CT molecular complexity index is 854. The number of hydrogen-bond acceptors (Lipinski definition) is 6. The molecule has 3 aromatic rings. The lowest BCUT2D eigenvalue weighted by atomic mass is 10.2. The molecule has 0 bridgehead atoms. The number of anilines is 1. The summed E-state index contributed by atoms with van der Waals surface area (Å²) in [4.78, 5) is 0.104. The molecule has 0 aliphatic heterocycles. The minimum absolute atomic E-state index is 0.104. The third-order valence-corrected chi connectivity index (χ3v) is 4.29. The van der Waals surface area contributed by atoms with Crippen LogP contribution in [0.3, 0.4) is 0 Å². The first-order chi connectivity index (χ1) is 10.1. The molecule has 0 aliphatic carbocycles. The molecule has 0 radical (unpaired) electrons. The van der Waals surface area contributed by atoms with Crippen LogP contribution < -0.4 is 4.72 Å². The van der Waals surface area contributed by atoms with Gasteiger partial charge in [-0.2, -0.15) is 10.3 Å². The van der Waals surface area contributed by atoms with Gasteiger partial charge in [-0.15, -0.1) is 10.2 Å². The number of hydrogen-bond donors (Lipinski definition) is 3. The van der Waals surface area contributed by atoms with Gasteiger partial charge in [-0.05, 0) is 24.3 Å². The van der Waals surface area contributed by atoms with E-state index in [0.717, 1.165) is 0 Å². The van der Waals surface area contributed by atoms with Gasteiger partial charge in [-0.25, -0.2) is 8.42 Å². The van der Waals surface area contributed by atoms with Crippen molar-refractivity contribution >= 4 is 15.7 Å². The molecule has 0 atom stereocenters. The Labute approximate surface area is 119 Å². The molecule has 0 saturated heterocycles. The first-order valence-electron chi connectivity index (χ1n) is 5.93. The van der Waals surface area contributed by atoms with E-state index in [-0.39, 0.29) is 4.90 Å². The summed E-state index contributed by atoms with van der Waals surface area (Å²) in [5.74, 6) is 0.385. The van der Waals surface area contributed by atoms with Crippen LogP contribution in [0.5, 0.6) is 0 Å². The van der Waals surface area contributed by atoms with Crippen LogP contribution in [0.25, 0.3) is 11.4 Å². The topological polar surface area (TPSA) is 129 Å². The van der Waals surface area contributed by atoms with E-state index in [4.69, 9.17) is 0 Å². The molecule has 0 saturated carbocycles. The van der Waals surface area contributed by atoms with Gasteiger partial charge < -0.3 is 0 Å². The second-order valence-corrected chi connectivity index (χ2v) is 5.93. The Morgan fingerprint density at radius 1 is 1.29 bits per heavy atom. The molecule has 1 aromatic carbocycles. The summed E-state index contributed by atoms with van der Waals surface area (Å²) >= 11 is 0. The van der Waals surface area contributed by atoms with Crippen molar-refractivity contribution in [2.45, 2.75) is 11.8 Å². The highest BCUT2D eigenvalue weighted by atomic mass is 32.2. The van der Waals surface area contributed by atoms with E-state index in [0.29, 0.717) is 22.8 Å². The maximum Gasteiger partial charge on any atom is 0.265 e. The average molecular weight is 305 g/mol. The van der Waals surface area contributed by atoms with Crippen LogP contribution in [0.15, 0.2) is 35.4 Å². The first kappa shape index (κ1) is 13.2. The fourth-order valence-corrected chi connectivity index (χ4v) is 3.01. The summed E-state index contributed by atoms with van der Waals surface area (Å²) in [5.41, 5.74) is 1.52. The highest BCUT2D eigenvalue weighted by molar-refractivity contribution is 7.92. The van der Waals surface area contributed by atoms with Gasteiger partial charge >= 0.3 is 0 Å². The summed E-state index contributed by atoms with van der Waals surface area (Å²) < 4.78 is 27.0. The van der Waals surface area contributed by atoms with Gasteiger partial charge in [0.15, 0.2) is 0 Å². The van der Waals surface area contributed by atoms with Gasteiger partial charge in [-0.3, -0.25) is 9.82 Å². The lowest BCUT2D eigenvalue weighted by Gasteiger charge is -2.07. The largest absolute Gasteiger partial charge is 0.281 e. The van der Waals surface area contributed by atoms with E-state index >= 15 is 0 Å². The van der Waals surface area contributed by atoms with Crippen molar-refractivity contribution in [3.8, 4) is 11.4 Å². The van der Waals surface area contributed by atoms with Crippen LogP contribution in [-0.2, 0) is 10.0 Å². The third-order valence-electron chi connectivity index (χ3n) is 2.79. The van der Waals surface area contributed by atoms with Crippen molar-refractivity contribution in [2.75, 3.05) is 4.72 Å². The highest BCUT2D eigenvalue weighted by Crippen LogP contribution is 2.21. The zero-order valence-electron chi connectivity index (χ0n) is 10.9. The van der Waals surface area contributed by atoms with E-state index in [2.05, 4.69) is 35.5 Å². The van der Waals surface area contributed by atoms with Crippen molar-refractivity contribution in [1.29, 1.82) is 0 Å². The predicted octanol–water partition coefficient (Wildman–Crippen LogP) is 0.699. The number of sulfonamides is 1. The lowest BCUT2D eigenvalue weighted by Crippen LogP contribution is -2.13. The van der Waals surface area contributed by atoms with Crippen molar-refractivity contribution < 1.29 is 8.42 Å². The first-order valence-corrected chi connectivity index (χ1v) is 7.41. The van der Waals surface area contributed by atoms with Gasteiger partial charge in [-0.1, -0.05) is 12.1 Å². The smallest absolute Gasteiger partial charge is 0.265 e. The molecule has 0 unspecified atom stereocenters. The molecular weight excluding hydrogens is 294 g/mol. The van der Waals surface area contributed by atoms with Gasteiger partial charge in [0, 0.05) is 11.3 Å². The monoisotopic (exact) mass is 305 g/mol. The summed E-state index contributed by atoms with van der Waals surface area (Å²) in [5, 5.41) is 19.8. The fraction of sp³-hybridized carbons (Fsp3) is 0.0909. The Morgan fingerprint density at radius 2 is 2.14 bits per heavy atom. The lowest BCUT2D eigenvalue weighted by molar-refractivity contribution is 0.600. The van der Waals surface area contributed by atoms with Crippen molar-refractivity contribution in [1.82, 2.24) is 30.8 Å². The molecule has 108 valence electrons. The SMILES string of the molecule is Cc1[nH]ncc1S(=O)(=O)Nc1cccc(-c2nn[nH]n2)c1. The Balaban J connectivity index is 1.92. The number of nitrogens with zero attached hydrogens (tertiary/aromatic N) is 4. The van der Waals surface area contributed by atoms with Crippen LogP contribution in [0.1, 0.15) is 5.69 Å². The van der Waals surface area contributed by atoms with Crippen molar-refractivity contribution in [2.24, 2.45) is 0 Å². The van der Waals surface area contributed by atoms with E-state index in [9.17, 15) is 8.42 Å². The van der Waals surface area contributed by atoms with Gasteiger partial charge in [0.1, 0.15) is 4.90 Å². The molecule has 0 spiro atoms. The van der Waals surface area contributed by atoms with Crippen LogP contribution in [0.2, 0.25) is 0 Å². The van der Waals surface area contributed by atoms with Gasteiger partial charge in [0.05, 0.1) is 11.9 Å². The quantitative estimate of drug-likeness (QED) is 0.650. The summed E-state index contributed by atoms with van der Waals surface area (Å²) in [7, 11) is -3.69. The fourth-order valence-electron chi connectivity index (χ4n) is 1.83. The molecule has 21 heavy (non-hydrogen) atoms. The molecule has 2 aromatic heterocycles. The Morgan fingerprint density at radius 3 is 2.81 bits per heavy atom. The number of nitrogens with one attached hydrogen (secondary N) is 3. The van der Waals surface area contributed by atoms with Crippen LogP contribution in [-0.4, -0.2) is 39.2 Å². The summed E-state index contributed by atoms with van der Waals surface area (Å²) in [6.45, 7) is 1.64. The maximum absolute atomic E-state index is 12.3. The van der Waals surface area contributed by atoms with Gasteiger partial charge in [0.25, 0.3) is 10.0 Å². The summed E-state index contributed by atoms with van der Waals surface area (Å²) in [6, 6.07) is 6.71. The van der Waals surface area contributed by atoms with E-state index in [1.54, 1.807) is 31.2 Å². The molecule has 3 rings (SSSR count). The second-order valence-electron chi connectivity index (χ2n) is 4.28. The molecule has 2 heterocycles. The number of aromatic nitrogens is 6. The van der Waals surface area contributed by atoms with E-state index in [1.807, 2.05) is 0 Å². The van der Waals surface area contributed by atoms with Crippen molar-refractivity contribution in [3.63, 3.8) is 0 Å². The predicted molar refractivity (Wildman–Crippen MR) is 73.7 cm³/mol. The minimum atomic E-state index is -3.69. The van der Waals surface area contributed by atoms with Crippen LogP contribution in [0.4, 0.5) is 5.69 Å². The number of tetrazole rings is 1. The van der Waals surface area contributed by atoms with Crippen LogP contribution in [0, 0.1) is 6.92 Å². The molecule has 10 heteroatoms. The normalized spacial score (nSPS) is 11.5. The number of aryl methyl sites for hydroxylation is 1. The van der Waals surface area contributed by atoms with E-state index in [1.165, 1.54) is 6.20 Å². The molecule has 0 aliphatic rings. The standard InChI is InChI=1S/C11H11N7O2S/c1-7-10(6-12-13-7)21(19,20)16-9-4-2-3-8(5-9)11-14-17-18-15-11/h2-6,16H,1H3,(H,12,13)(H,14,15,17,18). The van der Waals surface area contributed by atoms with Crippen molar-refractivity contribution in [3.05, 3.63) is 36.2 Å². The molecule has 0 fully saturated rings. The molecule has 3 N–H and O–H groups in total. The summed E-state index contributed by atoms with van der Waals surface area (Å²) in [6.07, 6.45) is 1.26. The number of rotatable bonds is 4. The average Bonchev–Trinajstić information content (AvgIpc) is 3.09. The second kappa shape index (κ2) is 4.98. The zero-order valence-corrected chi connectivity index (χ0v) is 11.7. The van der Waals surface area contributed by atoms with Gasteiger partial charge in [0.2, 0.25) is 5.82 Å². The Kier molecular flexibility index (Phi) is 3.14. The molecular formula is C11H11N7O2S. The number of benzene rings is 1. The van der Waals surface area contributed by atoms with Crippen LogP contribution >= 0.6 is 0 Å². The zero-order chi connectivity index (χ0) is 14.9. The highest BCUT2D eigenvalue weighted by Gasteiger charge is 2.18. The van der Waals surface area contributed by atoms with E-state index < -0.39 is 10.0 Å².